The lowest BCUT2D eigenvalue weighted by Crippen LogP contribution is -2.41. The molecule has 1 aliphatic heterocycles. The molecule has 3 aromatic rings. The number of morpholine rings is 1. The number of hydrogen-bond acceptors (Lipinski definition) is 7. The number of hydrogen-bond donors (Lipinski definition) is 2. The van der Waals surface area contributed by atoms with Gasteiger partial charge in [-0.15, -0.1) is 0 Å². The monoisotopic (exact) mass is 440 g/mol. The zero-order valence-corrected chi connectivity index (χ0v) is 17.6. The fourth-order valence-electron chi connectivity index (χ4n) is 3.44. The van der Waals surface area contributed by atoms with Crippen molar-refractivity contribution in [2.45, 2.75) is 13.0 Å². The Morgan fingerprint density at radius 1 is 1.19 bits per heavy atom. The summed E-state index contributed by atoms with van der Waals surface area (Å²) in [5, 5.41) is 4.60. The maximum Gasteiger partial charge on any atom is 0.274 e. The summed E-state index contributed by atoms with van der Waals surface area (Å²) in [5.41, 5.74) is 6.54. The number of fused-ring (bicyclic) bond motifs is 1. The van der Waals surface area contributed by atoms with Crippen LogP contribution in [0.5, 0.6) is 0 Å². The summed E-state index contributed by atoms with van der Waals surface area (Å²) >= 11 is 6.42. The van der Waals surface area contributed by atoms with Crippen molar-refractivity contribution in [2.24, 2.45) is 0 Å². The molecule has 160 valence electrons. The third-order valence-corrected chi connectivity index (χ3v) is 5.38. The Hall–Kier alpha value is -3.30. The molecule has 1 aliphatic rings. The second kappa shape index (κ2) is 8.83. The van der Waals surface area contributed by atoms with E-state index < -0.39 is 11.9 Å². The van der Waals surface area contributed by atoms with Crippen molar-refractivity contribution < 1.29 is 14.3 Å². The van der Waals surface area contributed by atoms with Crippen LogP contribution in [0.15, 0.2) is 36.7 Å². The van der Waals surface area contributed by atoms with Crippen molar-refractivity contribution in [3.8, 4) is 0 Å². The van der Waals surface area contributed by atoms with E-state index in [1.165, 1.54) is 12.4 Å². The Balaban J connectivity index is 1.70. The molecule has 1 saturated heterocycles. The Labute approximate surface area is 183 Å². The topological polar surface area (TPSA) is 123 Å². The van der Waals surface area contributed by atoms with Crippen LogP contribution in [0.1, 0.15) is 39.6 Å². The minimum atomic E-state index is -0.520. The predicted octanol–water partition coefficient (Wildman–Crippen LogP) is 2.22. The van der Waals surface area contributed by atoms with Crippen LogP contribution < -0.4 is 11.1 Å². The molecule has 0 bridgehead atoms. The lowest BCUT2D eigenvalue weighted by Gasteiger charge is -2.27. The number of rotatable bonds is 4. The van der Waals surface area contributed by atoms with Gasteiger partial charge < -0.3 is 20.7 Å². The molecule has 3 N–H and O–H groups in total. The van der Waals surface area contributed by atoms with Gasteiger partial charge in [0.05, 0.1) is 30.0 Å². The molecule has 1 aromatic carbocycles. The van der Waals surface area contributed by atoms with Gasteiger partial charge in [-0.05, 0) is 24.4 Å². The van der Waals surface area contributed by atoms with E-state index in [2.05, 4.69) is 20.3 Å². The quantitative estimate of drug-likeness (QED) is 0.637. The van der Waals surface area contributed by atoms with E-state index in [4.69, 9.17) is 22.1 Å². The fourth-order valence-corrected chi connectivity index (χ4v) is 3.71. The van der Waals surface area contributed by atoms with Crippen molar-refractivity contribution in [1.82, 2.24) is 25.2 Å². The molecule has 2 aromatic heterocycles. The number of ether oxygens (including phenoxy) is 1. The molecule has 0 radical (unpaired) electrons. The second-order valence-electron chi connectivity index (χ2n) is 7.12. The molecule has 0 aliphatic carbocycles. The first-order valence-corrected chi connectivity index (χ1v) is 10.2. The summed E-state index contributed by atoms with van der Waals surface area (Å²) in [5.74, 6) is -0.666. The van der Waals surface area contributed by atoms with Crippen molar-refractivity contribution in [1.29, 1.82) is 0 Å². The van der Waals surface area contributed by atoms with Gasteiger partial charge in [0.2, 0.25) is 0 Å². The summed E-state index contributed by atoms with van der Waals surface area (Å²) < 4.78 is 5.35. The molecule has 0 spiro atoms. The van der Waals surface area contributed by atoms with Crippen molar-refractivity contribution >= 4 is 40.0 Å². The van der Waals surface area contributed by atoms with Gasteiger partial charge in [-0.25, -0.2) is 15.0 Å². The van der Waals surface area contributed by atoms with E-state index in [1.807, 2.05) is 12.1 Å². The van der Waals surface area contributed by atoms with Crippen molar-refractivity contribution in [3.63, 3.8) is 0 Å². The van der Waals surface area contributed by atoms with Crippen molar-refractivity contribution in [2.75, 3.05) is 32.0 Å². The maximum atomic E-state index is 13.3. The predicted molar refractivity (Wildman–Crippen MR) is 116 cm³/mol. The smallest absolute Gasteiger partial charge is 0.274 e. The number of nitrogens with one attached hydrogen (secondary N) is 1. The van der Waals surface area contributed by atoms with Gasteiger partial charge in [-0.3, -0.25) is 9.59 Å². The number of pyridine rings is 1. The molecular weight excluding hydrogens is 420 g/mol. The van der Waals surface area contributed by atoms with E-state index >= 15 is 0 Å². The molecule has 9 nitrogen and oxygen atoms in total. The van der Waals surface area contributed by atoms with Crippen LogP contribution in [-0.4, -0.2) is 58.0 Å². The summed E-state index contributed by atoms with van der Waals surface area (Å²) in [6, 6.07) is 6.68. The summed E-state index contributed by atoms with van der Waals surface area (Å²) in [7, 11) is 0. The van der Waals surface area contributed by atoms with Crippen molar-refractivity contribution in [3.05, 3.63) is 58.8 Å². The van der Waals surface area contributed by atoms with E-state index in [0.29, 0.717) is 42.4 Å². The van der Waals surface area contributed by atoms with E-state index in [-0.39, 0.29) is 23.1 Å². The number of carbonyl (C=O) groups excluding carboxylic acids is 2. The first kappa shape index (κ1) is 21.0. The zero-order valence-electron chi connectivity index (χ0n) is 16.8. The number of anilines is 1. The molecule has 1 atom stereocenters. The maximum absolute atomic E-state index is 13.3. The molecule has 31 heavy (non-hydrogen) atoms. The number of aromatic nitrogens is 3. The highest BCUT2D eigenvalue weighted by atomic mass is 35.5. The fraction of sp³-hybridized carbons (Fsp3) is 0.286. The average molecular weight is 441 g/mol. The molecule has 3 heterocycles. The van der Waals surface area contributed by atoms with Gasteiger partial charge in [-0.2, -0.15) is 0 Å². The lowest BCUT2D eigenvalue weighted by molar-refractivity contribution is 0.0300. The minimum Gasteiger partial charge on any atom is -0.382 e. The number of nitrogens with zero attached hydrogens (tertiary/aromatic N) is 4. The van der Waals surface area contributed by atoms with Gasteiger partial charge in [0.15, 0.2) is 11.5 Å². The van der Waals surface area contributed by atoms with E-state index in [9.17, 15) is 9.59 Å². The van der Waals surface area contributed by atoms with Crippen LogP contribution in [0.3, 0.4) is 0 Å². The van der Waals surface area contributed by atoms with Crippen LogP contribution in [0, 0.1) is 0 Å². The normalized spacial score (nSPS) is 15.0. The molecule has 0 saturated carbocycles. The first-order valence-electron chi connectivity index (χ1n) is 9.79. The Morgan fingerprint density at radius 3 is 2.68 bits per heavy atom. The number of nitrogen functional groups attached to an aromatic ring is 1. The lowest BCUT2D eigenvalue weighted by atomic mass is 10.0. The summed E-state index contributed by atoms with van der Waals surface area (Å²) in [6.45, 7) is 3.68. The Bertz CT molecular complexity index is 1150. The van der Waals surface area contributed by atoms with Gasteiger partial charge in [0.25, 0.3) is 11.8 Å². The summed E-state index contributed by atoms with van der Waals surface area (Å²) in [4.78, 5) is 40.0. The number of nitrogens with two attached hydrogens (primary N) is 1. The largest absolute Gasteiger partial charge is 0.382 e. The third-order valence-electron chi connectivity index (χ3n) is 5.06. The third kappa shape index (κ3) is 4.28. The highest BCUT2D eigenvalue weighted by Gasteiger charge is 2.25. The van der Waals surface area contributed by atoms with Crippen LogP contribution in [0.4, 0.5) is 5.82 Å². The Kier molecular flexibility index (Phi) is 5.97. The van der Waals surface area contributed by atoms with Crippen LogP contribution in [0.2, 0.25) is 5.02 Å². The molecule has 1 fully saturated rings. The Morgan fingerprint density at radius 2 is 1.94 bits per heavy atom. The number of carbonyl (C=O) groups is 2. The SMILES string of the molecule is CC(NC(=O)c1nccnc1N)c1cc2cccc(Cl)c2c(C(=O)N2CCOCC2)n1. The molecular formula is C21H21ClN6O3. The number of amides is 2. The van der Waals surface area contributed by atoms with Crippen LogP contribution >= 0.6 is 11.6 Å². The first-order chi connectivity index (χ1) is 15.0. The van der Waals surface area contributed by atoms with E-state index in [0.717, 1.165) is 5.39 Å². The molecule has 10 heteroatoms. The van der Waals surface area contributed by atoms with Gasteiger partial charge in [0.1, 0.15) is 5.69 Å². The van der Waals surface area contributed by atoms with E-state index in [1.54, 1.807) is 24.0 Å². The summed E-state index contributed by atoms with van der Waals surface area (Å²) in [6.07, 6.45) is 2.80. The van der Waals surface area contributed by atoms with Crippen LogP contribution in [-0.2, 0) is 4.74 Å². The van der Waals surface area contributed by atoms with Gasteiger partial charge in [-0.1, -0.05) is 23.7 Å². The highest BCUT2D eigenvalue weighted by Crippen LogP contribution is 2.29. The second-order valence-corrected chi connectivity index (χ2v) is 7.53. The van der Waals surface area contributed by atoms with Gasteiger partial charge >= 0.3 is 0 Å². The molecule has 1 unspecified atom stereocenters. The molecule has 4 rings (SSSR count). The number of benzene rings is 1. The van der Waals surface area contributed by atoms with Gasteiger partial charge in [0, 0.05) is 30.9 Å². The number of halogens is 1. The zero-order chi connectivity index (χ0) is 22.0. The highest BCUT2D eigenvalue weighted by molar-refractivity contribution is 6.36. The standard InChI is InChI=1S/C21H21ClN6O3/c1-12(26-20(29)18-19(23)25-6-5-24-18)15-11-13-3-2-4-14(22)16(13)17(27-15)21(30)28-7-9-31-10-8-28/h2-6,11-12H,7-10H2,1H3,(H2,23,25)(H,26,29). The molecule has 2 amide bonds. The average Bonchev–Trinajstić information content (AvgIpc) is 2.78. The minimum absolute atomic E-state index is 0.0304. The van der Waals surface area contributed by atoms with Crippen LogP contribution in [0.25, 0.3) is 10.8 Å².